The third kappa shape index (κ3) is 7.90. The number of anilines is 1. The molecule has 2 aliphatic rings. The van der Waals surface area contributed by atoms with Crippen LogP contribution in [0.1, 0.15) is 82.8 Å². The summed E-state index contributed by atoms with van der Waals surface area (Å²) in [7, 11) is 0. The highest BCUT2D eigenvalue weighted by molar-refractivity contribution is 6.30. The molecule has 2 aromatic rings. The van der Waals surface area contributed by atoms with Crippen LogP contribution in [-0.2, 0) is 11.2 Å². The number of halogens is 1. The highest BCUT2D eigenvalue weighted by Gasteiger charge is 2.34. The van der Waals surface area contributed by atoms with Gasteiger partial charge in [0.2, 0.25) is 0 Å². The minimum atomic E-state index is -0.720. The number of carboxylic acids is 1. The monoisotopic (exact) mass is 511 g/mol. The normalized spacial score (nSPS) is 17.7. The first-order valence-electron chi connectivity index (χ1n) is 13.7. The third-order valence-corrected chi connectivity index (χ3v) is 7.97. The molecule has 1 N–H and O–H groups in total. The second-order valence-electron chi connectivity index (χ2n) is 12.0. The standard InChI is InChI=1S/C31H42ClNO3/c1-31(2,3)15-5-7-24-11-12-26(32)19-29(24)33-16-13-22(14-17-33)21-36-27-8-4-6-25(18-27)28(20-30(34)35)23-9-10-23/h4,6,8,11-12,18-19,22-23,28H,5,7,9-10,13-17,20-21H2,1-3H3,(H,34,35). The molecule has 1 atom stereocenters. The van der Waals surface area contributed by atoms with Crippen LogP contribution in [0.15, 0.2) is 42.5 Å². The van der Waals surface area contributed by atoms with Crippen LogP contribution in [0.5, 0.6) is 5.75 Å². The SMILES string of the molecule is CC(C)(C)CCCc1ccc(Cl)cc1N1CCC(COc2cccc(C(CC(=O)O)C3CC3)c2)CC1. The van der Waals surface area contributed by atoms with E-state index >= 15 is 0 Å². The highest BCUT2D eigenvalue weighted by Crippen LogP contribution is 2.45. The van der Waals surface area contributed by atoms with Crippen molar-refractivity contribution < 1.29 is 14.6 Å². The summed E-state index contributed by atoms with van der Waals surface area (Å²) in [4.78, 5) is 13.9. The van der Waals surface area contributed by atoms with Crippen molar-refractivity contribution in [1.29, 1.82) is 0 Å². The van der Waals surface area contributed by atoms with Crippen molar-refractivity contribution in [2.75, 3.05) is 24.6 Å². The molecule has 0 aromatic heterocycles. The number of hydrogen-bond acceptors (Lipinski definition) is 3. The quantitative estimate of drug-likeness (QED) is 0.332. The Balaban J connectivity index is 1.30. The van der Waals surface area contributed by atoms with Gasteiger partial charge in [-0.25, -0.2) is 0 Å². The molecule has 2 aromatic carbocycles. The van der Waals surface area contributed by atoms with Crippen LogP contribution < -0.4 is 9.64 Å². The Bertz CT molecular complexity index is 1020. The summed E-state index contributed by atoms with van der Waals surface area (Å²) in [5, 5.41) is 10.1. The van der Waals surface area contributed by atoms with Crippen LogP contribution >= 0.6 is 11.6 Å². The van der Waals surface area contributed by atoms with Crippen LogP contribution in [0.4, 0.5) is 5.69 Å². The van der Waals surface area contributed by atoms with Gasteiger partial charge in [-0.2, -0.15) is 0 Å². The zero-order valence-electron chi connectivity index (χ0n) is 22.1. The van der Waals surface area contributed by atoms with Gasteiger partial charge in [0, 0.05) is 23.8 Å². The largest absolute Gasteiger partial charge is 0.493 e. The molecular weight excluding hydrogens is 470 g/mol. The van der Waals surface area contributed by atoms with E-state index in [1.54, 1.807) is 0 Å². The van der Waals surface area contributed by atoms with E-state index in [0.29, 0.717) is 23.9 Å². The molecule has 4 nitrogen and oxygen atoms in total. The number of nitrogens with zero attached hydrogens (tertiary/aromatic N) is 1. The van der Waals surface area contributed by atoms with Gasteiger partial charge in [0.1, 0.15) is 5.75 Å². The molecule has 0 spiro atoms. The topological polar surface area (TPSA) is 49.8 Å². The first-order chi connectivity index (χ1) is 17.2. The van der Waals surface area contributed by atoms with E-state index < -0.39 is 5.97 Å². The number of aliphatic carboxylic acids is 1. The lowest BCUT2D eigenvalue weighted by molar-refractivity contribution is -0.137. The van der Waals surface area contributed by atoms with Gasteiger partial charge in [-0.1, -0.05) is 50.6 Å². The molecule has 4 rings (SSSR count). The summed E-state index contributed by atoms with van der Waals surface area (Å²) in [5.41, 5.74) is 4.17. The van der Waals surface area contributed by atoms with Crippen molar-refractivity contribution in [3.8, 4) is 5.75 Å². The van der Waals surface area contributed by atoms with Gasteiger partial charge in [-0.15, -0.1) is 0 Å². The number of rotatable bonds is 11. The van der Waals surface area contributed by atoms with Crippen LogP contribution in [0.25, 0.3) is 0 Å². The average molecular weight is 512 g/mol. The third-order valence-electron chi connectivity index (χ3n) is 7.73. The van der Waals surface area contributed by atoms with Gasteiger partial charge in [0.15, 0.2) is 0 Å². The molecule has 2 fully saturated rings. The second-order valence-corrected chi connectivity index (χ2v) is 12.5. The number of carbonyl (C=O) groups is 1. The average Bonchev–Trinajstić information content (AvgIpc) is 3.67. The lowest BCUT2D eigenvalue weighted by Crippen LogP contribution is -2.36. The van der Waals surface area contributed by atoms with E-state index in [2.05, 4.69) is 49.9 Å². The fourth-order valence-corrected chi connectivity index (χ4v) is 5.65. The van der Waals surface area contributed by atoms with Gasteiger partial charge in [0.05, 0.1) is 13.0 Å². The van der Waals surface area contributed by atoms with E-state index in [1.807, 2.05) is 18.2 Å². The van der Waals surface area contributed by atoms with E-state index in [0.717, 1.165) is 61.5 Å². The fourth-order valence-electron chi connectivity index (χ4n) is 5.48. The maximum atomic E-state index is 11.3. The number of ether oxygens (including phenoxy) is 1. The Labute approximate surface area is 222 Å². The van der Waals surface area contributed by atoms with Crippen molar-refractivity contribution in [2.45, 2.75) is 78.1 Å². The first kappa shape index (κ1) is 26.9. The summed E-state index contributed by atoms with van der Waals surface area (Å²) in [5.74, 6) is 1.27. The molecule has 196 valence electrons. The van der Waals surface area contributed by atoms with E-state index in [-0.39, 0.29) is 12.3 Å². The molecule has 5 heteroatoms. The minimum absolute atomic E-state index is 0.101. The summed E-state index contributed by atoms with van der Waals surface area (Å²) in [6.45, 7) is 9.66. The smallest absolute Gasteiger partial charge is 0.303 e. The van der Waals surface area contributed by atoms with Crippen LogP contribution in [0.3, 0.4) is 0 Å². The van der Waals surface area contributed by atoms with Gasteiger partial charge < -0.3 is 14.7 Å². The molecular formula is C31H42ClNO3. The van der Waals surface area contributed by atoms with Gasteiger partial charge in [-0.05, 0) is 104 Å². The molecule has 36 heavy (non-hydrogen) atoms. The fraction of sp³-hybridized carbons (Fsp3) is 0.581. The van der Waals surface area contributed by atoms with Crippen molar-refractivity contribution in [3.05, 3.63) is 58.6 Å². The van der Waals surface area contributed by atoms with Crippen molar-refractivity contribution >= 4 is 23.3 Å². The molecule has 0 amide bonds. The minimum Gasteiger partial charge on any atom is -0.493 e. The number of aryl methyl sites for hydroxylation is 1. The molecule has 1 heterocycles. The molecule has 1 aliphatic heterocycles. The number of benzene rings is 2. The number of hydrogen-bond donors (Lipinski definition) is 1. The van der Waals surface area contributed by atoms with Crippen molar-refractivity contribution in [3.63, 3.8) is 0 Å². The molecule has 0 bridgehead atoms. The number of carboxylic acid groups (broad SMARTS) is 1. The molecule has 1 aliphatic carbocycles. The van der Waals surface area contributed by atoms with Gasteiger partial charge in [0.25, 0.3) is 0 Å². The molecule has 1 saturated carbocycles. The summed E-state index contributed by atoms with van der Waals surface area (Å²) >= 11 is 6.40. The summed E-state index contributed by atoms with van der Waals surface area (Å²) in [6.07, 6.45) is 8.15. The zero-order valence-corrected chi connectivity index (χ0v) is 22.9. The lowest BCUT2D eigenvalue weighted by Gasteiger charge is -2.35. The molecule has 1 unspecified atom stereocenters. The maximum absolute atomic E-state index is 11.3. The van der Waals surface area contributed by atoms with Crippen molar-refractivity contribution in [2.24, 2.45) is 17.3 Å². The highest BCUT2D eigenvalue weighted by atomic mass is 35.5. The Morgan fingerprint density at radius 1 is 1.11 bits per heavy atom. The lowest BCUT2D eigenvalue weighted by atomic mass is 9.88. The first-order valence-corrected chi connectivity index (χ1v) is 14.0. The van der Waals surface area contributed by atoms with E-state index in [1.165, 1.54) is 24.1 Å². The van der Waals surface area contributed by atoms with Gasteiger partial charge in [-0.3, -0.25) is 4.79 Å². The Morgan fingerprint density at radius 3 is 2.53 bits per heavy atom. The number of piperidine rings is 1. The van der Waals surface area contributed by atoms with Crippen molar-refractivity contribution in [1.82, 2.24) is 0 Å². The van der Waals surface area contributed by atoms with Gasteiger partial charge >= 0.3 is 5.97 Å². The molecule has 1 saturated heterocycles. The Hall–Kier alpha value is -2.20. The van der Waals surface area contributed by atoms with E-state index in [9.17, 15) is 9.90 Å². The Kier molecular flexibility index (Phi) is 8.87. The maximum Gasteiger partial charge on any atom is 0.303 e. The Morgan fingerprint density at radius 2 is 1.86 bits per heavy atom. The van der Waals surface area contributed by atoms with Crippen LogP contribution in [0.2, 0.25) is 5.02 Å². The van der Waals surface area contributed by atoms with Crippen LogP contribution in [0, 0.1) is 17.3 Å². The molecule has 0 radical (unpaired) electrons. The van der Waals surface area contributed by atoms with E-state index in [4.69, 9.17) is 16.3 Å². The zero-order chi connectivity index (χ0) is 25.7. The summed E-state index contributed by atoms with van der Waals surface area (Å²) < 4.78 is 6.22. The predicted octanol–water partition coefficient (Wildman–Crippen LogP) is 7.97. The predicted molar refractivity (Wildman–Crippen MR) is 148 cm³/mol. The second kappa shape index (κ2) is 11.9. The van der Waals surface area contributed by atoms with Crippen LogP contribution in [-0.4, -0.2) is 30.8 Å². The summed E-state index contributed by atoms with van der Waals surface area (Å²) in [6, 6.07) is 14.5.